The molecule has 0 bridgehead atoms. The summed E-state index contributed by atoms with van der Waals surface area (Å²) < 4.78 is 2.44. The van der Waals surface area contributed by atoms with Crippen molar-refractivity contribution < 1.29 is 4.68 Å². The number of nitrogens with zero attached hydrogens (tertiary/aromatic N) is 2. The Morgan fingerprint density at radius 1 is 1.45 bits per heavy atom. The monoisotopic (exact) mass is 156 g/mol. The number of aromatic nitrogens is 3. The maximum atomic E-state index is 11.1. The lowest BCUT2D eigenvalue weighted by Gasteiger charge is -1.94. The molecule has 0 saturated carbocycles. The van der Waals surface area contributed by atoms with Crippen LogP contribution in [0.5, 0.6) is 0 Å². The average molecular weight is 156 g/mol. The lowest BCUT2D eigenvalue weighted by Crippen LogP contribution is -2.52. The molecule has 0 aliphatic carbocycles. The number of aromatic amines is 1. The largest absolute Gasteiger partial charge is 0.377 e. The molecule has 0 unspecified atom stereocenters. The first-order valence-corrected chi connectivity index (χ1v) is 3.20. The van der Waals surface area contributed by atoms with Gasteiger partial charge in [0.2, 0.25) is 0 Å². The van der Waals surface area contributed by atoms with Crippen molar-refractivity contribution in [1.82, 2.24) is 9.67 Å². The van der Waals surface area contributed by atoms with Crippen molar-refractivity contribution in [2.75, 3.05) is 0 Å². The number of hydrogen-bond donors (Lipinski definition) is 1. The number of nitrogens with one attached hydrogen (secondary N) is 1. The van der Waals surface area contributed by atoms with Crippen LogP contribution in [0.2, 0.25) is 0 Å². The molecule has 0 fully saturated rings. The zero-order valence-electron chi connectivity index (χ0n) is 6.71. The molecule has 0 saturated heterocycles. The molecule has 0 atom stereocenters. The molecular weight excluding hydrogens is 146 g/mol. The van der Waals surface area contributed by atoms with Gasteiger partial charge in [-0.1, -0.05) is 0 Å². The van der Waals surface area contributed by atoms with E-state index in [2.05, 4.69) is 5.10 Å². The number of aryl methyl sites for hydroxylation is 1. The Kier molecular flexibility index (Phi) is 1.64. The van der Waals surface area contributed by atoms with Crippen molar-refractivity contribution >= 4 is 0 Å². The van der Waals surface area contributed by atoms with Gasteiger partial charge in [0.05, 0.1) is 0 Å². The van der Waals surface area contributed by atoms with Gasteiger partial charge in [-0.3, -0.25) is 9.36 Å². The van der Waals surface area contributed by atoms with E-state index in [1.807, 2.05) is 0 Å². The lowest BCUT2D eigenvalue weighted by atomic mass is 10.5. The van der Waals surface area contributed by atoms with Gasteiger partial charge in [-0.2, -0.15) is 0 Å². The second-order valence-corrected chi connectivity index (χ2v) is 2.43. The molecule has 1 N–H and O–H groups in total. The van der Waals surface area contributed by atoms with Crippen LogP contribution in [0.3, 0.4) is 0 Å². The van der Waals surface area contributed by atoms with Gasteiger partial charge in [0, 0.05) is 14.0 Å². The summed E-state index contributed by atoms with van der Waals surface area (Å²) in [6.45, 7) is 1.65. The van der Waals surface area contributed by atoms with E-state index in [1.165, 1.54) is 11.7 Å². The second-order valence-electron chi connectivity index (χ2n) is 2.43. The maximum absolute atomic E-state index is 11.1. The standard InChI is InChI=1S/C6H9N3O2/c1-4-5(10)8(2)6(11)7-9(4)3/h1-3H3/p+1. The van der Waals surface area contributed by atoms with E-state index in [1.54, 1.807) is 14.0 Å². The molecular formula is C6H10N3O2+. The molecule has 5 heteroatoms. The fourth-order valence-corrected chi connectivity index (χ4v) is 0.781. The summed E-state index contributed by atoms with van der Waals surface area (Å²) in [6, 6.07) is 0. The van der Waals surface area contributed by atoms with Gasteiger partial charge < -0.3 is 0 Å². The Labute approximate surface area is 62.9 Å². The predicted molar refractivity (Wildman–Crippen MR) is 38.2 cm³/mol. The Morgan fingerprint density at radius 2 is 2.00 bits per heavy atom. The molecule has 0 aromatic carbocycles. The third-order valence-corrected chi connectivity index (χ3v) is 1.69. The highest BCUT2D eigenvalue weighted by Crippen LogP contribution is 1.66. The van der Waals surface area contributed by atoms with Crippen LogP contribution < -0.4 is 15.9 Å². The van der Waals surface area contributed by atoms with E-state index >= 15 is 0 Å². The van der Waals surface area contributed by atoms with Crippen LogP contribution in [0.15, 0.2) is 9.59 Å². The van der Waals surface area contributed by atoms with E-state index in [0.29, 0.717) is 5.69 Å². The third kappa shape index (κ3) is 1.09. The van der Waals surface area contributed by atoms with Gasteiger partial charge in [-0.15, -0.1) is 9.78 Å². The minimum absolute atomic E-state index is 0.267. The van der Waals surface area contributed by atoms with Crippen molar-refractivity contribution in [3.63, 3.8) is 0 Å². The normalized spacial score (nSPS) is 10.1. The zero-order chi connectivity index (χ0) is 8.59. The average Bonchev–Trinajstić information content (AvgIpc) is 1.97. The van der Waals surface area contributed by atoms with E-state index in [9.17, 15) is 9.59 Å². The van der Waals surface area contributed by atoms with E-state index in [-0.39, 0.29) is 5.56 Å². The Morgan fingerprint density at radius 3 is 2.55 bits per heavy atom. The maximum Gasteiger partial charge on any atom is 0.377 e. The van der Waals surface area contributed by atoms with Gasteiger partial charge in [-0.25, -0.2) is 4.79 Å². The second kappa shape index (κ2) is 2.34. The Bertz CT molecular complexity index is 388. The lowest BCUT2D eigenvalue weighted by molar-refractivity contribution is -0.739. The molecule has 60 valence electrons. The molecule has 1 aromatic rings. The van der Waals surface area contributed by atoms with Crippen LogP contribution in [0.25, 0.3) is 0 Å². The summed E-state index contributed by atoms with van der Waals surface area (Å²) in [5.41, 5.74) is -0.161. The molecule has 0 amide bonds. The quantitative estimate of drug-likeness (QED) is 0.451. The molecule has 1 rings (SSSR count). The summed E-state index contributed by atoms with van der Waals surface area (Å²) in [5, 5.41) is 2.47. The summed E-state index contributed by atoms with van der Waals surface area (Å²) in [6.07, 6.45) is 0. The van der Waals surface area contributed by atoms with Crippen LogP contribution in [0, 0.1) is 6.92 Å². The molecule has 0 aliphatic rings. The highest BCUT2D eigenvalue weighted by atomic mass is 16.2. The zero-order valence-corrected chi connectivity index (χ0v) is 6.71. The fourth-order valence-electron chi connectivity index (χ4n) is 0.781. The minimum atomic E-state index is -0.400. The number of hydrogen-bond acceptors (Lipinski definition) is 2. The predicted octanol–water partition coefficient (Wildman–Crippen LogP) is -1.79. The fraction of sp³-hybridized carbons (Fsp3) is 0.500. The van der Waals surface area contributed by atoms with Crippen LogP contribution >= 0.6 is 0 Å². The van der Waals surface area contributed by atoms with Crippen molar-refractivity contribution in [1.29, 1.82) is 0 Å². The Balaban J connectivity index is 3.74. The first kappa shape index (κ1) is 7.71. The van der Waals surface area contributed by atoms with E-state index < -0.39 is 5.69 Å². The van der Waals surface area contributed by atoms with Crippen molar-refractivity contribution in [3.05, 3.63) is 26.5 Å². The summed E-state index contributed by atoms with van der Waals surface area (Å²) in [7, 11) is 3.06. The summed E-state index contributed by atoms with van der Waals surface area (Å²) in [4.78, 5) is 22.0. The molecule has 11 heavy (non-hydrogen) atoms. The summed E-state index contributed by atoms with van der Waals surface area (Å²) >= 11 is 0. The highest BCUT2D eigenvalue weighted by Gasteiger charge is 2.09. The van der Waals surface area contributed by atoms with Crippen molar-refractivity contribution in [2.45, 2.75) is 6.92 Å². The van der Waals surface area contributed by atoms with Gasteiger partial charge in [-0.05, 0) is 0 Å². The van der Waals surface area contributed by atoms with E-state index in [4.69, 9.17) is 0 Å². The van der Waals surface area contributed by atoms with Gasteiger partial charge in [0.15, 0.2) is 7.05 Å². The first-order valence-electron chi connectivity index (χ1n) is 3.20. The highest BCUT2D eigenvalue weighted by molar-refractivity contribution is 4.82. The molecule has 1 aromatic heterocycles. The SMILES string of the molecule is Cc1c(=O)n(C)c(=O)[nH][n+]1C. The smallest absolute Gasteiger partial charge is 0.262 e. The number of rotatable bonds is 0. The van der Waals surface area contributed by atoms with Crippen LogP contribution in [0.1, 0.15) is 5.69 Å². The molecule has 1 heterocycles. The third-order valence-electron chi connectivity index (χ3n) is 1.69. The first-order chi connectivity index (χ1) is 5.04. The van der Waals surface area contributed by atoms with Gasteiger partial charge in [0.1, 0.15) is 0 Å². The van der Waals surface area contributed by atoms with Crippen molar-refractivity contribution in [3.8, 4) is 0 Å². The molecule has 5 nitrogen and oxygen atoms in total. The van der Waals surface area contributed by atoms with Crippen molar-refractivity contribution in [2.24, 2.45) is 14.1 Å². The number of H-pyrrole nitrogens is 1. The molecule has 0 radical (unpaired) electrons. The van der Waals surface area contributed by atoms with Gasteiger partial charge in [0.25, 0.3) is 5.69 Å². The minimum Gasteiger partial charge on any atom is -0.262 e. The molecule has 0 aliphatic heterocycles. The van der Waals surface area contributed by atoms with Crippen LogP contribution in [-0.2, 0) is 14.1 Å². The van der Waals surface area contributed by atoms with Gasteiger partial charge >= 0.3 is 11.2 Å². The topological polar surface area (TPSA) is 58.7 Å². The summed E-state index contributed by atoms with van der Waals surface area (Å²) in [5.74, 6) is 0. The van der Waals surface area contributed by atoms with E-state index in [0.717, 1.165) is 4.57 Å². The molecule has 0 spiro atoms. The Hall–Kier alpha value is -1.39. The van der Waals surface area contributed by atoms with Crippen LogP contribution in [-0.4, -0.2) is 9.67 Å². The van der Waals surface area contributed by atoms with Crippen LogP contribution in [0.4, 0.5) is 0 Å².